The van der Waals surface area contributed by atoms with E-state index in [0.717, 1.165) is 16.4 Å². The van der Waals surface area contributed by atoms with E-state index in [1.807, 2.05) is 19.1 Å². The van der Waals surface area contributed by atoms with Crippen LogP contribution < -0.4 is 5.43 Å². The molecule has 22 heavy (non-hydrogen) atoms. The van der Waals surface area contributed by atoms with Gasteiger partial charge in [-0.25, -0.2) is 5.43 Å². The maximum absolute atomic E-state index is 5.14. The Bertz CT molecular complexity index is 970. The molecular formula is C15H12N6O. The van der Waals surface area contributed by atoms with E-state index in [0.29, 0.717) is 17.4 Å². The van der Waals surface area contributed by atoms with E-state index in [4.69, 9.17) is 4.42 Å². The minimum atomic E-state index is 0.318. The molecule has 0 atom stereocenters. The van der Waals surface area contributed by atoms with Gasteiger partial charge in [-0.15, -0.1) is 10.2 Å². The number of nitrogens with zero attached hydrogens (tertiary/aromatic N) is 4. The second kappa shape index (κ2) is 4.96. The number of aromatic amines is 1. The summed E-state index contributed by atoms with van der Waals surface area (Å²) in [7, 11) is 0. The first-order valence-electron chi connectivity index (χ1n) is 6.75. The molecule has 0 bridgehead atoms. The summed E-state index contributed by atoms with van der Waals surface area (Å²) >= 11 is 0. The highest BCUT2D eigenvalue weighted by Gasteiger charge is 2.08. The van der Waals surface area contributed by atoms with Crippen molar-refractivity contribution < 1.29 is 4.42 Å². The zero-order valence-electron chi connectivity index (χ0n) is 11.7. The topological polar surface area (TPSA) is 92.0 Å². The molecule has 0 aliphatic carbocycles. The number of benzene rings is 1. The molecule has 108 valence electrons. The Labute approximate surface area is 125 Å². The lowest BCUT2D eigenvalue weighted by atomic mass is 10.2. The Morgan fingerprint density at radius 1 is 1.27 bits per heavy atom. The minimum Gasteiger partial charge on any atom is -0.463 e. The van der Waals surface area contributed by atoms with E-state index in [2.05, 4.69) is 36.8 Å². The summed E-state index contributed by atoms with van der Waals surface area (Å²) in [6.45, 7) is 2.04. The highest BCUT2D eigenvalue weighted by atomic mass is 16.3. The summed E-state index contributed by atoms with van der Waals surface area (Å²) in [5.41, 5.74) is 6.31. The third kappa shape index (κ3) is 2.18. The van der Waals surface area contributed by atoms with E-state index in [1.54, 1.807) is 24.6 Å². The molecule has 4 rings (SSSR count). The highest BCUT2D eigenvalue weighted by Crippen LogP contribution is 2.23. The molecule has 0 saturated carbocycles. The molecule has 7 nitrogen and oxygen atoms in total. The highest BCUT2D eigenvalue weighted by molar-refractivity contribution is 6.03. The fourth-order valence-corrected chi connectivity index (χ4v) is 2.25. The average molecular weight is 292 g/mol. The summed E-state index contributed by atoms with van der Waals surface area (Å²) < 4.78 is 5.14. The normalized spacial score (nSPS) is 11.7. The van der Waals surface area contributed by atoms with Crippen molar-refractivity contribution in [2.24, 2.45) is 5.10 Å². The van der Waals surface area contributed by atoms with Gasteiger partial charge in [-0.1, -0.05) is 11.6 Å². The van der Waals surface area contributed by atoms with Crippen LogP contribution in [0.25, 0.3) is 22.1 Å². The van der Waals surface area contributed by atoms with Crippen LogP contribution in [-0.2, 0) is 0 Å². The van der Waals surface area contributed by atoms with Gasteiger partial charge in [0, 0.05) is 10.9 Å². The predicted octanol–water partition coefficient (Wildman–Crippen LogP) is 2.85. The van der Waals surface area contributed by atoms with E-state index in [9.17, 15) is 0 Å². The van der Waals surface area contributed by atoms with Crippen LogP contribution in [0.4, 0.5) is 5.95 Å². The lowest BCUT2D eigenvalue weighted by Gasteiger charge is -1.96. The summed E-state index contributed by atoms with van der Waals surface area (Å²) in [5.74, 6) is 0.959. The van der Waals surface area contributed by atoms with E-state index in [-0.39, 0.29) is 0 Å². The first-order chi connectivity index (χ1) is 10.8. The van der Waals surface area contributed by atoms with Crippen LogP contribution in [0.2, 0.25) is 0 Å². The van der Waals surface area contributed by atoms with E-state index < -0.39 is 0 Å². The molecule has 3 heterocycles. The van der Waals surface area contributed by atoms with Gasteiger partial charge in [0.05, 0.1) is 12.5 Å². The molecule has 4 aromatic rings. The van der Waals surface area contributed by atoms with Crippen LogP contribution in [0, 0.1) is 6.92 Å². The van der Waals surface area contributed by atoms with Gasteiger partial charge in [0.2, 0.25) is 0 Å². The first kappa shape index (κ1) is 12.5. The molecule has 1 aromatic carbocycles. The minimum absolute atomic E-state index is 0.318. The number of aromatic nitrogens is 4. The average Bonchev–Trinajstić information content (AvgIpc) is 3.14. The molecule has 0 aliphatic rings. The molecular weight excluding hydrogens is 280 g/mol. The lowest BCUT2D eigenvalue weighted by Crippen LogP contribution is -1.98. The largest absolute Gasteiger partial charge is 0.463 e. The zero-order valence-corrected chi connectivity index (χ0v) is 11.7. The van der Waals surface area contributed by atoms with Crippen molar-refractivity contribution >= 4 is 34.2 Å². The maximum atomic E-state index is 5.14. The van der Waals surface area contributed by atoms with Crippen molar-refractivity contribution in [3.63, 3.8) is 0 Å². The number of rotatable bonds is 3. The first-order valence-corrected chi connectivity index (χ1v) is 6.75. The summed E-state index contributed by atoms with van der Waals surface area (Å²) in [5, 5.41) is 13.3. The Morgan fingerprint density at radius 3 is 3.09 bits per heavy atom. The molecule has 7 heteroatoms. The van der Waals surface area contributed by atoms with Gasteiger partial charge in [0.1, 0.15) is 11.3 Å². The SMILES string of the molecule is Cc1ccc2[nH]c3nc(N/N=C/c4ccco4)nnc3c2c1. The predicted molar refractivity (Wildman–Crippen MR) is 83.9 cm³/mol. The number of hydrogen-bond acceptors (Lipinski definition) is 6. The summed E-state index contributed by atoms with van der Waals surface area (Å²) in [4.78, 5) is 7.60. The fraction of sp³-hybridized carbons (Fsp3) is 0.0667. The fourth-order valence-electron chi connectivity index (χ4n) is 2.25. The zero-order chi connectivity index (χ0) is 14.9. The van der Waals surface area contributed by atoms with Crippen molar-refractivity contribution in [2.45, 2.75) is 6.92 Å². The molecule has 0 amide bonds. The molecule has 0 radical (unpaired) electrons. The van der Waals surface area contributed by atoms with Crippen LogP contribution in [0.3, 0.4) is 0 Å². The van der Waals surface area contributed by atoms with Crippen LogP contribution >= 0.6 is 0 Å². The van der Waals surface area contributed by atoms with Gasteiger partial charge >= 0.3 is 0 Å². The number of anilines is 1. The molecule has 3 aromatic heterocycles. The second-order valence-electron chi connectivity index (χ2n) is 4.89. The van der Waals surface area contributed by atoms with Gasteiger partial charge in [-0.3, -0.25) is 0 Å². The number of nitrogens with one attached hydrogen (secondary N) is 2. The van der Waals surface area contributed by atoms with Gasteiger partial charge in [-0.2, -0.15) is 10.1 Å². The molecule has 0 unspecified atom stereocenters. The van der Waals surface area contributed by atoms with Gasteiger partial charge in [-0.05, 0) is 31.2 Å². The Balaban J connectivity index is 1.67. The third-order valence-electron chi connectivity index (χ3n) is 3.27. The lowest BCUT2D eigenvalue weighted by molar-refractivity contribution is 0.560. The van der Waals surface area contributed by atoms with Crippen molar-refractivity contribution in [1.82, 2.24) is 20.2 Å². The van der Waals surface area contributed by atoms with Gasteiger partial charge in [0.15, 0.2) is 5.65 Å². The Hall–Kier alpha value is -3.22. The Morgan fingerprint density at radius 2 is 2.23 bits per heavy atom. The van der Waals surface area contributed by atoms with Crippen LogP contribution in [0.1, 0.15) is 11.3 Å². The number of furan rings is 1. The van der Waals surface area contributed by atoms with Crippen LogP contribution in [-0.4, -0.2) is 26.4 Å². The van der Waals surface area contributed by atoms with Crippen LogP contribution in [0.15, 0.2) is 46.1 Å². The second-order valence-corrected chi connectivity index (χ2v) is 4.89. The Kier molecular flexibility index (Phi) is 2.82. The van der Waals surface area contributed by atoms with Gasteiger partial charge in [0.25, 0.3) is 5.95 Å². The number of H-pyrrole nitrogens is 1. The van der Waals surface area contributed by atoms with Crippen molar-refractivity contribution in [3.8, 4) is 0 Å². The smallest absolute Gasteiger partial charge is 0.265 e. The maximum Gasteiger partial charge on any atom is 0.265 e. The van der Waals surface area contributed by atoms with E-state index in [1.165, 1.54) is 5.56 Å². The summed E-state index contributed by atoms with van der Waals surface area (Å²) in [6.07, 6.45) is 3.13. The van der Waals surface area contributed by atoms with Gasteiger partial charge < -0.3 is 9.40 Å². The number of fused-ring (bicyclic) bond motifs is 3. The monoisotopic (exact) mass is 292 g/mol. The molecule has 0 spiro atoms. The van der Waals surface area contributed by atoms with Crippen molar-refractivity contribution in [2.75, 3.05) is 5.43 Å². The number of hydrazone groups is 1. The van der Waals surface area contributed by atoms with Crippen LogP contribution in [0.5, 0.6) is 0 Å². The molecule has 0 fully saturated rings. The molecule has 0 saturated heterocycles. The summed E-state index contributed by atoms with van der Waals surface area (Å²) in [6, 6.07) is 9.70. The van der Waals surface area contributed by atoms with Crippen molar-refractivity contribution in [1.29, 1.82) is 0 Å². The number of aryl methyl sites for hydroxylation is 1. The van der Waals surface area contributed by atoms with E-state index >= 15 is 0 Å². The number of hydrogen-bond donors (Lipinski definition) is 2. The quantitative estimate of drug-likeness (QED) is 0.447. The van der Waals surface area contributed by atoms with Crippen molar-refractivity contribution in [3.05, 3.63) is 47.9 Å². The molecule has 0 aliphatic heterocycles. The standard InChI is InChI=1S/C15H12N6O/c1-9-4-5-12-11(7-9)13-14(17-12)18-15(21-19-13)20-16-8-10-3-2-6-22-10/h2-8H,1H3,(H2,17,18,20,21)/b16-8+. The third-order valence-corrected chi connectivity index (χ3v) is 3.27. The molecule has 2 N–H and O–H groups in total.